The van der Waals surface area contributed by atoms with Crippen LogP contribution in [0.5, 0.6) is 5.75 Å². The first-order valence-electron chi connectivity index (χ1n) is 7.10. The van der Waals surface area contributed by atoms with Crippen LogP contribution in [0.2, 0.25) is 10.0 Å². The molecule has 0 aliphatic heterocycles. The van der Waals surface area contributed by atoms with Crippen LogP contribution in [0.1, 0.15) is 24.0 Å². The van der Waals surface area contributed by atoms with Gasteiger partial charge in [0.1, 0.15) is 12.4 Å². The van der Waals surface area contributed by atoms with Gasteiger partial charge in [-0.15, -0.1) is 0 Å². The van der Waals surface area contributed by atoms with Gasteiger partial charge in [0, 0.05) is 17.6 Å². The van der Waals surface area contributed by atoms with Crippen LogP contribution in [0.3, 0.4) is 0 Å². The molecule has 0 atom stereocenters. The summed E-state index contributed by atoms with van der Waals surface area (Å²) in [6.07, 6.45) is 2.61. The van der Waals surface area contributed by atoms with Gasteiger partial charge in [0.15, 0.2) is 0 Å². The fourth-order valence-electron chi connectivity index (χ4n) is 2.13. The lowest BCUT2D eigenvalue weighted by molar-refractivity contribution is 0.306. The van der Waals surface area contributed by atoms with Crippen molar-refractivity contribution in [3.63, 3.8) is 0 Å². The summed E-state index contributed by atoms with van der Waals surface area (Å²) in [5.41, 5.74) is 2.42. The maximum absolute atomic E-state index is 6.10. The second-order valence-electron chi connectivity index (χ2n) is 5.34. The molecule has 0 saturated heterocycles. The molecule has 21 heavy (non-hydrogen) atoms. The summed E-state index contributed by atoms with van der Waals surface area (Å²) in [6, 6.07) is 14.4. The number of halogens is 2. The average Bonchev–Trinajstić information content (AvgIpc) is 3.29. The average molecular weight is 322 g/mol. The van der Waals surface area contributed by atoms with E-state index in [1.807, 2.05) is 0 Å². The van der Waals surface area contributed by atoms with Crippen molar-refractivity contribution in [2.45, 2.75) is 32.0 Å². The Labute approximate surface area is 135 Å². The van der Waals surface area contributed by atoms with Gasteiger partial charge in [-0.1, -0.05) is 47.5 Å². The number of nitrogens with one attached hydrogen (secondary N) is 1. The molecule has 1 aliphatic carbocycles. The van der Waals surface area contributed by atoms with Crippen molar-refractivity contribution in [3.05, 3.63) is 63.6 Å². The third-order valence-electron chi connectivity index (χ3n) is 3.45. The Morgan fingerprint density at radius 2 is 1.86 bits per heavy atom. The second kappa shape index (κ2) is 6.69. The van der Waals surface area contributed by atoms with Crippen LogP contribution in [0, 0.1) is 0 Å². The van der Waals surface area contributed by atoms with Gasteiger partial charge in [-0.25, -0.2) is 0 Å². The van der Waals surface area contributed by atoms with Crippen molar-refractivity contribution in [3.8, 4) is 5.75 Å². The van der Waals surface area contributed by atoms with Crippen LogP contribution < -0.4 is 10.1 Å². The van der Waals surface area contributed by atoms with Crippen LogP contribution in [0.15, 0.2) is 42.5 Å². The zero-order valence-corrected chi connectivity index (χ0v) is 13.1. The van der Waals surface area contributed by atoms with E-state index in [1.54, 1.807) is 18.2 Å². The fourth-order valence-corrected chi connectivity index (χ4v) is 2.60. The molecule has 1 saturated carbocycles. The lowest BCUT2D eigenvalue weighted by Gasteiger charge is -2.10. The topological polar surface area (TPSA) is 21.3 Å². The Bertz CT molecular complexity index is 626. The standard InChI is InChI=1S/C17H17Cl2NO/c18-14-4-7-17(16(19)9-14)21-11-13-3-1-2-12(8-13)10-20-15-5-6-15/h1-4,7-9,15,20H,5-6,10-11H2. The molecule has 0 amide bonds. The highest BCUT2D eigenvalue weighted by atomic mass is 35.5. The number of benzene rings is 2. The summed E-state index contributed by atoms with van der Waals surface area (Å²) in [5.74, 6) is 0.655. The first-order chi connectivity index (χ1) is 10.2. The van der Waals surface area contributed by atoms with Gasteiger partial charge in [-0.2, -0.15) is 0 Å². The van der Waals surface area contributed by atoms with E-state index in [-0.39, 0.29) is 0 Å². The Morgan fingerprint density at radius 1 is 1.05 bits per heavy atom. The number of hydrogen-bond donors (Lipinski definition) is 1. The summed E-state index contributed by atoms with van der Waals surface area (Å²) in [4.78, 5) is 0. The summed E-state index contributed by atoms with van der Waals surface area (Å²) >= 11 is 12.0. The van der Waals surface area contributed by atoms with Gasteiger partial charge < -0.3 is 10.1 Å². The SMILES string of the molecule is Clc1ccc(OCc2cccc(CNC3CC3)c2)c(Cl)c1. The molecule has 2 aromatic rings. The molecule has 4 heteroatoms. The molecule has 0 heterocycles. The van der Waals surface area contributed by atoms with Crippen LogP contribution in [0.4, 0.5) is 0 Å². The fraction of sp³-hybridized carbons (Fsp3) is 0.294. The minimum Gasteiger partial charge on any atom is -0.487 e. The molecule has 1 aliphatic rings. The molecule has 0 aromatic heterocycles. The molecule has 0 bridgehead atoms. The molecular weight excluding hydrogens is 305 g/mol. The summed E-state index contributed by atoms with van der Waals surface area (Å²) in [7, 11) is 0. The first-order valence-corrected chi connectivity index (χ1v) is 7.85. The highest BCUT2D eigenvalue weighted by molar-refractivity contribution is 6.35. The van der Waals surface area contributed by atoms with Crippen LogP contribution in [0.25, 0.3) is 0 Å². The lowest BCUT2D eigenvalue weighted by atomic mass is 10.1. The van der Waals surface area contributed by atoms with Crippen molar-refractivity contribution >= 4 is 23.2 Å². The molecule has 3 rings (SSSR count). The maximum atomic E-state index is 6.10. The zero-order valence-electron chi connectivity index (χ0n) is 11.6. The largest absolute Gasteiger partial charge is 0.487 e. The van der Waals surface area contributed by atoms with Gasteiger partial charge in [-0.05, 0) is 42.2 Å². The number of ether oxygens (including phenoxy) is 1. The Kier molecular flexibility index (Phi) is 4.69. The van der Waals surface area contributed by atoms with E-state index in [1.165, 1.54) is 18.4 Å². The van der Waals surface area contributed by atoms with E-state index in [9.17, 15) is 0 Å². The summed E-state index contributed by atoms with van der Waals surface area (Å²) < 4.78 is 5.76. The number of hydrogen-bond acceptors (Lipinski definition) is 2. The Balaban J connectivity index is 1.60. The molecule has 2 aromatic carbocycles. The predicted molar refractivity (Wildman–Crippen MR) is 87.1 cm³/mol. The van der Waals surface area contributed by atoms with Gasteiger partial charge in [0.25, 0.3) is 0 Å². The quantitative estimate of drug-likeness (QED) is 0.823. The van der Waals surface area contributed by atoms with Crippen molar-refractivity contribution < 1.29 is 4.74 Å². The van der Waals surface area contributed by atoms with Crippen LogP contribution in [-0.4, -0.2) is 6.04 Å². The molecule has 0 spiro atoms. The lowest BCUT2D eigenvalue weighted by Crippen LogP contribution is -2.15. The monoisotopic (exact) mass is 321 g/mol. The van der Waals surface area contributed by atoms with E-state index in [2.05, 4.69) is 29.6 Å². The van der Waals surface area contributed by atoms with Gasteiger partial charge in [-0.3, -0.25) is 0 Å². The smallest absolute Gasteiger partial charge is 0.138 e. The van der Waals surface area contributed by atoms with Crippen molar-refractivity contribution in [2.24, 2.45) is 0 Å². The van der Waals surface area contributed by atoms with Crippen molar-refractivity contribution in [1.82, 2.24) is 5.32 Å². The molecule has 1 fully saturated rings. The first kappa shape index (κ1) is 14.7. The summed E-state index contributed by atoms with van der Waals surface area (Å²) in [6.45, 7) is 1.42. The normalized spacial score (nSPS) is 14.2. The minimum absolute atomic E-state index is 0.499. The highest BCUT2D eigenvalue weighted by Crippen LogP contribution is 2.28. The van der Waals surface area contributed by atoms with Gasteiger partial charge in [0.05, 0.1) is 5.02 Å². The van der Waals surface area contributed by atoms with E-state index >= 15 is 0 Å². The van der Waals surface area contributed by atoms with E-state index in [4.69, 9.17) is 27.9 Å². The van der Waals surface area contributed by atoms with E-state index in [0.29, 0.717) is 22.4 Å². The second-order valence-corrected chi connectivity index (χ2v) is 6.18. The van der Waals surface area contributed by atoms with E-state index < -0.39 is 0 Å². The molecule has 2 nitrogen and oxygen atoms in total. The Morgan fingerprint density at radius 3 is 2.62 bits per heavy atom. The maximum Gasteiger partial charge on any atom is 0.138 e. The van der Waals surface area contributed by atoms with Gasteiger partial charge >= 0.3 is 0 Å². The van der Waals surface area contributed by atoms with E-state index in [0.717, 1.165) is 18.2 Å². The molecule has 0 radical (unpaired) electrons. The predicted octanol–water partition coefficient (Wildman–Crippen LogP) is 4.82. The van der Waals surface area contributed by atoms with Crippen molar-refractivity contribution in [2.75, 3.05) is 0 Å². The molecule has 0 unspecified atom stereocenters. The van der Waals surface area contributed by atoms with Crippen LogP contribution >= 0.6 is 23.2 Å². The Hall–Kier alpha value is -1.22. The molecule has 110 valence electrons. The molecule has 1 N–H and O–H groups in total. The molecular formula is C17H17Cl2NO. The minimum atomic E-state index is 0.499. The summed E-state index contributed by atoms with van der Waals surface area (Å²) in [5, 5.41) is 4.66. The van der Waals surface area contributed by atoms with Crippen molar-refractivity contribution in [1.29, 1.82) is 0 Å². The highest BCUT2D eigenvalue weighted by Gasteiger charge is 2.19. The zero-order chi connectivity index (χ0) is 14.7. The van der Waals surface area contributed by atoms with Crippen LogP contribution in [-0.2, 0) is 13.2 Å². The third-order valence-corrected chi connectivity index (χ3v) is 3.98. The third kappa shape index (κ3) is 4.37. The van der Waals surface area contributed by atoms with Gasteiger partial charge in [0.2, 0.25) is 0 Å². The number of rotatable bonds is 6.